The Bertz CT molecular complexity index is 1120. The molecule has 0 amide bonds. The molecule has 152 valence electrons. The summed E-state index contributed by atoms with van der Waals surface area (Å²) < 4.78 is 31.7. The number of nitrogens with two attached hydrogens (primary N) is 1. The fraction of sp³-hybridized carbons (Fsp3) is 0.278. The predicted molar refractivity (Wildman–Crippen MR) is 107 cm³/mol. The van der Waals surface area contributed by atoms with Crippen molar-refractivity contribution >= 4 is 45.9 Å². The van der Waals surface area contributed by atoms with Gasteiger partial charge in [0.25, 0.3) is 5.92 Å². The zero-order valence-corrected chi connectivity index (χ0v) is 16.5. The summed E-state index contributed by atoms with van der Waals surface area (Å²) in [5.74, 6) is -2.49. The van der Waals surface area contributed by atoms with E-state index in [1.54, 1.807) is 6.07 Å². The Kier molecular flexibility index (Phi) is 4.74. The number of anilines is 2. The number of nitrogens with zero attached hydrogens (tertiary/aromatic N) is 3. The molecular weight excluding hydrogens is 427 g/mol. The summed E-state index contributed by atoms with van der Waals surface area (Å²) in [4.78, 5) is 12.6. The number of phenolic OH excluding ortho intramolecular Hbond substituents is 1. The van der Waals surface area contributed by atoms with Crippen LogP contribution in [0.25, 0.3) is 22.2 Å². The van der Waals surface area contributed by atoms with E-state index >= 15 is 0 Å². The minimum atomic E-state index is -2.70. The van der Waals surface area contributed by atoms with E-state index in [9.17, 15) is 13.9 Å². The molecule has 0 spiro atoms. The van der Waals surface area contributed by atoms with Gasteiger partial charge in [0.1, 0.15) is 17.0 Å². The van der Waals surface area contributed by atoms with Crippen LogP contribution in [0.4, 0.5) is 20.5 Å². The van der Waals surface area contributed by atoms with Crippen molar-refractivity contribution in [3.8, 4) is 22.8 Å². The van der Waals surface area contributed by atoms with Gasteiger partial charge in [-0.05, 0) is 6.07 Å². The largest absolute Gasteiger partial charge is 0.506 e. The van der Waals surface area contributed by atoms with Crippen LogP contribution in [-0.4, -0.2) is 39.1 Å². The smallest absolute Gasteiger partial charge is 0.252 e. The van der Waals surface area contributed by atoms with Crippen LogP contribution >= 0.6 is 23.2 Å². The fourth-order valence-corrected chi connectivity index (χ4v) is 3.83. The van der Waals surface area contributed by atoms with Gasteiger partial charge < -0.3 is 20.9 Å². The summed E-state index contributed by atoms with van der Waals surface area (Å²) in [5.41, 5.74) is 6.56. The number of hydrogen-bond acceptors (Lipinski definition) is 7. The highest BCUT2D eigenvalue weighted by molar-refractivity contribution is 6.41. The van der Waals surface area contributed by atoms with E-state index in [1.165, 1.54) is 19.4 Å². The van der Waals surface area contributed by atoms with E-state index in [4.69, 9.17) is 33.7 Å². The molecule has 0 radical (unpaired) electrons. The van der Waals surface area contributed by atoms with Crippen LogP contribution in [0.15, 0.2) is 18.3 Å². The number of pyridine rings is 1. The van der Waals surface area contributed by atoms with E-state index in [0.717, 1.165) is 0 Å². The van der Waals surface area contributed by atoms with E-state index < -0.39 is 12.0 Å². The third-order valence-electron chi connectivity index (χ3n) is 4.64. The first kappa shape index (κ1) is 19.7. The highest BCUT2D eigenvalue weighted by atomic mass is 35.5. The average molecular weight is 442 g/mol. The number of benzene rings is 1. The van der Waals surface area contributed by atoms with Crippen LogP contribution < -0.4 is 15.8 Å². The van der Waals surface area contributed by atoms with Crippen LogP contribution in [0.5, 0.6) is 11.5 Å². The molecule has 7 nitrogen and oxygen atoms in total. The Morgan fingerprint density at radius 1 is 1.24 bits per heavy atom. The molecule has 3 aromatic rings. The first-order chi connectivity index (χ1) is 13.7. The molecule has 1 saturated carbocycles. The Balaban J connectivity index is 1.89. The monoisotopic (exact) mass is 441 g/mol. The van der Waals surface area contributed by atoms with Crippen molar-refractivity contribution in [1.29, 1.82) is 0 Å². The number of aromatic hydroxyl groups is 1. The normalized spacial score (nSPS) is 15.9. The lowest BCUT2D eigenvalue weighted by molar-refractivity contribution is -0.0793. The van der Waals surface area contributed by atoms with Crippen molar-refractivity contribution in [2.75, 3.05) is 18.2 Å². The summed E-state index contributed by atoms with van der Waals surface area (Å²) in [6, 6.07) is 2.42. The van der Waals surface area contributed by atoms with Gasteiger partial charge in [-0.25, -0.2) is 23.7 Å². The second-order valence-electron chi connectivity index (χ2n) is 6.73. The summed E-state index contributed by atoms with van der Waals surface area (Å²) in [5, 5.41) is 13.8. The number of rotatable bonds is 4. The van der Waals surface area contributed by atoms with Crippen molar-refractivity contribution < 1.29 is 18.6 Å². The van der Waals surface area contributed by atoms with Crippen LogP contribution in [0.3, 0.4) is 0 Å². The van der Waals surface area contributed by atoms with Crippen LogP contribution in [0, 0.1) is 0 Å². The number of ether oxygens (including phenoxy) is 1. The second-order valence-corrected chi connectivity index (χ2v) is 7.48. The molecule has 1 aliphatic carbocycles. The number of hydrogen-bond donors (Lipinski definition) is 3. The number of methoxy groups -OCH3 is 1. The maximum atomic E-state index is 13.3. The van der Waals surface area contributed by atoms with E-state index in [2.05, 4.69) is 20.3 Å². The van der Waals surface area contributed by atoms with E-state index in [1.807, 2.05) is 0 Å². The van der Waals surface area contributed by atoms with Gasteiger partial charge in [-0.2, -0.15) is 0 Å². The molecule has 4 N–H and O–H groups in total. The Labute approximate surface area is 173 Å². The third-order valence-corrected chi connectivity index (χ3v) is 5.40. The zero-order chi connectivity index (χ0) is 20.9. The lowest BCUT2D eigenvalue weighted by atomic mass is 9.88. The number of aromatic nitrogens is 3. The molecule has 1 aliphatic rings. The molecule has 2 aromatic heterocycles. The van der Waals surface area contributed by atoms with Crippen molar-refractivity contribution in [2.24, 2.45) is 0 Å². The van der Waals surface area contributed by atoms with Crippen LogP contribution in [0.1, 0.15) is 12.8 Å². The van der Waals surface area contributed by atoms with Crippen LogP contribution in [0.2, 0.25) is 10.0 Å². The number of fused-ring (bicyclic) bond motifs is 1. The quantitative estimate of drug-likeness (QED) is 0.546. The van der Waals surface area contributed by atoms with Crippen molar-refractivity contribution in [3.63, 3.8) is 0 Å². The molecule has 0 saturated heterocycles. The van der Waals surface area contributed by atoms with Gasteiger partial charge in [0, 0.05) is 42.1 Å². The zero-order valence-electron chi connectivity index (χ0n) is 15.0. The number of nitrogen functional groups attached to an aromatic ring is 1. The van der Waals surface area contributed by atoms with Crippen molar-refractivity contribution in [1.82, 2.24) is 15.0 Å². The van der Waals surface area contributed by atoms with E-state index in [0.29, 0.717) is 10.9 Å². The Morgan fingerprint density at radius 3 is 2.62 bits per heavy atom. The van der Waals surface area contributed by atoms with Crippen molar-refractivity contribution in [2.45, 2.75) is 24.8 Å². The van der Waals surface area contributed by atoms with E-state index in [-0.39, 0.29) is 57.4 Å². The third kappa shape index (κ3) is 3.56. The lowest BCUT2D eigenvalue weighted by Gasteiger charge is -2.35. The van der Waals surface area contributed by atoms with Gasteiger partial charge in [0.2, 0.25) is 5.95 Å². The second kappa shape index (κ2) is 7.00. The topological polar surface area (TPSA) is 106 Å². The number of halogens is 4. The molecular formula is C18H15Cl2F2N5O2. The molecule has 29 heavy (non-hydrogen) atoms. The summed E-state index contributed by atoms with van der Waals surface area (Å²) >= 11 is 12.7. The highest BCUT2D eigenvalue weighted by Crippen LogP contribution is 2.46. The SMILES string of the molecule is COc1cc(O)c(Cl)c(-c2cc3cnc(N)nc3c(NC3CC(F)(F)C3)n2)c1Cl. The minimum Gasteiger partial charge on any atom is -0.506 e. The summed E-state index contributed by atoms with van der Waals surface area (Å²) in [6.07, 6.45) is 0.843. The molecule has 0 atom stereocenters. The van der Waals surface area contributed by atoms with Gasteiger partial charge >= 0.3 is 0 Å². The standard InChI is InChI=1S/C18H15Cl2F2N5O2/c1-29-11-3-10(28)13(19)12(14(11)20)9-2-7-6-24-17(23)27-15(7)16(26-9)25-8-4-18(21,22)5-8/h2-3,6,8,28H,4-5H2,1H3,(H,25,26)(H2,23,24,27). The molecule has 0 unspecified atom stereocenters. The molecule has 0 aliphatic heterocycles. The van der Waals surface area contributed by atoms with Crippen LogP contribution in [-0.2, 0) is 0 Å². The summed E-state index contributed by atoms with van der Waals surface area (Å²) in [7, 11) is 1.40. The first-order valence-corrected chi connectivity index (χ1v) is 9.27. The molecule has 0 bridgehead atoms. The Hall–Kier alpha value is -2.65. The maximum absolute atomic E-state index is 13.3. The van der Waals surface area contributed by atoms with Gasteiger partial charge in [-0.3, -0.25) is 0 Å². The number of phenols is 1. The molecule has 4 rings (SSSR count). The highest BCUT2D eigenvalue weighted by Gasteiger charge is 2.45. The van der Waals surface area contributed by atoms with Crippen molar-refractivity contribution in [3.05, 3.63) is 28.4 Å². The predicted octanol–water partition coefficient (Wildman–Crippen LogP) is 4.50. The minimum absolute atomic E-state index is 0.0177. The Morgan fingerprint density at radius 2 is 1.97 bits per heavy atom. The average Bonchev–Trinajstić information content (AvgIpc) is 2.64. The van der Waals surface area contributed by atoms with Gasteiger partial charge in [-0.15, -0.1) is 0 Å². The summed E-state index contributed by atoms with van der Waals surface area (Å²) in [6.45, 7) is 0. The molecule has 11 heteroatoms. The van der Waals surface area contributed by atoms with Gasteiger partial charge in [-0.1, -0.05) is 23.2 Å². The lowest BCUT2D eigenvalue weighted by Crippen LogP contribution is -2.44. The van der Waals surface area contributed by atoms with Gasteiger partial charge in [0.05, 0.1) is 22.8 Å². The number of nitrogens with one attached hydrogen (secondary N) is 1. The maximum Gasteiger partial charge on any atom is 0.252 e. The molecule has 2 heterocycles. The first-order valence-electron chi connectivity index (χ1n) is 8.51. The fourth-order valence-electron chi connectivity index (χ4n) is 3.21. The van der Waals surface area contributed by atoms with Gasteiger partial charge in [0.15, 0.2) is 5.82 Å². The number of alkyl halides is 2. The molecule has 1 aromatic carbocycles. The molecule has 1 fully saturated rings.